The summed E-state index contributed by atoms with van der Waals surface area (Å²) in [5.41, 5.74) is 0.371. The SMILES string of the molecule is CCC1(c2ccc(NS(=O)(=O)c3ccc(Cl)s3)cc2)CCC(=O)NC1=O. The number of amides is 2. The van der Waals surface area contributed by atoms with Gasteiger partial charge in [-0.25, -0.2) is 8.42 Å². The van der Waals surface area contributed by atoms with E-state index in [-0.39, 0.29) is 22.4 Å². The summed E-state index contributed by atoms with van der Waals surface area (Å²) in [6.07, 6.45) is 1.27. The molecule has 1 aliphatic heterocycles. The van der Waals surface area contributed by atoms with E-state index < -0.39 is 15.4 Å². The van der Waals surface area contributed by atoms with E-state index in [2.05, 4.69) is 10.0 Å². The molecule has 0 bridgehead atoms. The van der Waals surface area contributed by atoms with E-state index >= 15 is 0 Å². The van der Waals surface area contributed by atoms with Gasteiger partial charge in [0.2, 0.25) is 11.8 Å². The summed E-state index contributed by atoms with van der Waals surface area (Å²) in [7, 11) is -3.71. The molecule has 1 aromatic heterocycles. The molecule has 26 heavy (non-hydrogen) atoms. The van der Waals surface area contributed by atoms with E-state index in [9.17, 15) is 18.0 Å². The minimum absolute atomic E-state index is 0.127. The quantitative estimate of drug-likeness (QED) is 0.737. The van der Waals surface area contributed by atoms with E-state index in [0.717, 1.165) is 16.9 Å². The molecule has 9 heteroatoms. The fourth-order valence-electron chi connectivity index (χ4n) is 3.07. The van der Waals surface area contributed by atoms with Crippen LogP contribution in [0.15, 0.2) is 40.6 Å². The minimum atomic E-state index is -3.71. The number of sulfonamides is 1. The summed E-state index contributed by atoms with van der Waals surface area (Å²) < 4.78 is 27.7. The van der Waals surface area contributed by atoms with Gasteiger partial charge in [-0.1, -0.05) is 30.7 Å². The second kappa shape index (κ2) is 7.02. The van der Waals surface area contributed by atoms with Gasteiger partial charge in [0, 0.05) is 12.1 Å². The maximum atomic E-state index is 12.4. The molecule has 3 rings (SSSR count). The van der Waals surface area contributed by atoms with Gasteiger partial charge in [-0.15, -0.1) is 11.3 Å². The third kappa shape index (κ3) is 3.49. The van der Waals surface area contributed by atoms with Crippen molar-refractivity contribution in [2.75, 3.05) is 4.72 Å². The maximum Gasteiger partial charge on any atom is 0.271 e. The zero-order valence-electron chi connectivity index (χ0n) is 13.9. The van der Waals surface area contributed by atoms with Crippen LogP contribution in [0.25, 0.3) is 0 Å². The molecule has 138 valence electrons. The molecule has 1 unspecified atom stereocenters. The number of carbonyl (C=O) groups is 2. The predicted octanol–water partition coefficient (Wildman–Crippen LogP) is 3.29. The van der Waals surface area contributed by atoms with E-state index in [1.807, 2.05) is 6.92 Å². The van der Waals surface area contributed by atoms with Crippen molar-refractivity contribution >= 4 is 50.5 Å². The van der Waals surface area contributed by atoms with Gasteiger partial charge >= 0.3 is 0 Å². The Morgan fingerprint density at radius 3 is 2.42 bits per heavy atom. The molecule has 1 fully saturated rings. The number of carbonyl (C=O) groups excluding carboxylic acids is 2. The smallest absolute Gasteiger partial charge is 0.271 e. The molecule has 2 aromatic rings. The van der Waals surface area contributed by atoms with Gasteiger partial charge in [0.25, 0.3) is 10.0 Å². The topological polar surface area (TPSA) is 92.3 Å². The number of thiophene rings is 1. The van der Waals surface area contributed by atoms with E-state index in [4.69, 9.17) is 11.6 Å². The molecule has 0 saturated carbocycles. The Morgan fingerprint density at radius 1 is 1.19 bits per heavy atom. The van der Waals surface area contributed by atoms with Crippen LogP contribution in [-0.4, -0.2) is 20.2 Å². The van der Waals surface area contributed by atoms with Crippen LogP contribution in [-0.2, 0) is 25.0 Å². The summed E-state index contributed by atoms with van der Waals surface area (Å²) in [6.45, 7) is 1.90. The normalized spacial score (nSPS) is 20.7. The number of halogens is 1. The Balaban J connectivity index is 1.84. The van der Waals surface area contributed by atoms with Crippen molar-refractivity contribution in [2.24, 2.45) is 0 Å². The lowest BCUT2D eigenvalue weighted by molar-refractivity contribution is -0.138. The third-order valence-electron chi connectivity index (χ3n) is 4.57. The molecule has 1 saturated heterocycles. The second-order valence-electron chi connectivity index (χ2n) is 6.05. The summed E-state index contributed by atoms with van der Waals surface area (Å²) in [6, 6.07) is 9.64. The Hall–Kier alpha value is -1.90. The molecule has 2 heterocycles. The average molecular weight is 413 g/mol. The molecule has 1 aliphatic rings. The number of hydrogen-bond donors (Lipinski definition) is 2. The van der Waals surface area contributed by atoms with Crippen LogP contribution in [0.4, 0.5) is 5.69 Å². The molecule has 2 amide bonds. The highest BCUT2D eigenvalue weighted by Gasteiger charge is 2.42. The monoisotopic (exact) mass is 412 g/mol. The molecule has 2 N–H and O–H groups in total. The largest absolute Gasteiger partial charge is 0.296 e. The molecule has 0 radical (unpaired) electrons. The third-order valence-corrected chi connectivity index (χ3v) is 7.68. The summed E-state index contributed by atoms with van der Waals surface area (Å²) in [5, 5.41) is 2.40. The molecule has 1 aromatic carbocycles. The number of nitrogens with one attached hydrogen (secondary N) is 2. The first-order chi connectivity index (χ1) is 12.3. The number of hydrogen-bond acceptors (Lipinski definition) is 5. The van der Waals surface area contributed by atoms with E-state index in [1.165, 1.54) is 12.1 Å². The fraction of sp³-hybridized carbons (Fsp3) is 0.294. The van der Waals surface area contributed by atoms with Crippen molar-refractivity contribution in [1.82, 2.24) is 5.32 Å². The maximum absolute atomic E-state index is 12.4. The summed E-state index contributed by atoms with van der Waals surface area (Å²) >= 11 is 6.77. The molecular weight excluding hydrogens is 396 g/mol. The van der Waals surface area contributed by atoms with Crippen molar-refractivity contribution < 1.29 is 18.0 Å². The van der Waals surface area contributed by atoms with Crippen LogP contribution in [0, 0.1) is 0 Å². The zero-order valence-corrected chi connectivity index (χ0v) is 16.3. The molecular formula is C17H17ClN2O4S2. The number of rotatable bonds is 5. The van der Waals surface area contributed by atoms with Gasteiger partial charge < -0.3 is 0 Å². The van der Waals surface area contributed by atoms with Gasteiger partial charge in [0.05, 0.1) is 9.75 Å². The van der Waals surface area contributed by atoms with E-state index in [1.54, 1.807) is 24.3 Å². The van der Waals surface area contributed by atoms with Crippen molar-refractivity contribution in [2.45, 2.75) is 35.8 Å². The van der Waals surface area contributed by atoms with Gasteiger partial charge in [0.1, 0.15) is 4.21 Å². The number of imide groups is 1. The Bertz CT molecular complexity index is 953. The van der Waals surface area contributed by atoms with Gasteiger partial charge in [-0.05, 0) is 42.7 Å². The minimum Gasteiger partial charge on any atom is -0.296 e. The van der Waals surface area contributed by atoms with Crippen molar-refractivity contribution in [3.63, 3.8) is 0 Å². The van der Waals surface area contributed by atoms with Crippen LogP contribution >= 0.6 is 22.9 Å². The van der Waals surface area contributed by atoms with Crippen LogP contribution in [0.1, 0.15) is 31.7 Å². The van der Waals surface area contributed by atoms with Gasteiger partial charge in [-0.2, -0.15) is 0 Å². The van der Waals surface area contributed by atoms with Gasteiger partial charge in [0.15, 0.2) is 0 Å². The van der Waals surface area contributed by atoms with Crippen molar-refractivity contribution in [3.05, 3.63) is 46.3 Å². The Morgan fingerprint density at radius 2 is 1.88 bits per heavy atom. The van der Waals surface area contributed by atoms with Crippen LogP contribution in [0.3, 0.4) is 0 Å². The van der Waals surface area contributed by atoms with E-state index in [0.29, 0.717) is 22.9 Å². The van der Waals surface area contributed by atoms with Gasteiger partial charge in [-0.3, -0.25) is 19.6 Å². The highest BCUT2D eigenvalue weighted by molar-refractivity contribution is 7.94. The summed E-state index contributed by atoms with van der Waals surface area (Å²) in [5.74, 6) is -0.573. The highest BCUT2D eigenvalue weighted by Crippen LogP contribution is 2.36. The zero-order chi connectivity index (χ0) is 18.9. The van der Waals surface area contributed by atoms with Crippen LogP contribution < -0.4 is 10.0 Å². The molecule has 0 spiro atoms. The first kappa shape index (κ1) is 18.9. The molecule has 0 aliphatic carbocycles. The summed E-state index contributed by atoms with van der Waals surface area (Å²) in [4.78, 5) is 23.8. The standard InChI is InChI=1S/C17H17ClN2O4S2/c1-2-17(10-9-14(21)19-16(17)22)11-3-5-12(6-4-11)20-26(23,24)15-8-7-13(18)25-15/h3-8,20H,2,9-10H2,1H3,(H,19,21,22). The first-order valence-corrected chi connectivity index (χ1v) is 10.7. The number of anilines is 1. The van der Waals surface area contributed by atoms with Crippen molar-refractivity contribution in [1.29, 1.82) is 0 Å². The number of piperidine rings is 1. The Labute approximate surface area is 160 Å². The molecule has 6 nitrogen and oxygen atoms in total. The lowest BCUT2D eigenvalue weighted by Crippen LogP contribution is -2.51. The second-order valence-corrected chi connectivity index (χ2v) is 9.68. The van der Waals surface area contributed by atoms with Crippen LogP contribution in [0.5, 0.6) is 0 Å². The predicted molar refractivity (Wildman–Crippen MR) is 101 cm³/mol. The Kier molecular flexibility index (Phi) is 5.09. The lowest BCUT2D eigenvalue weighted by Gasteiger charge is -2.35. The highest BCUT2D eigenvalue weighted by atomic mass is 35.5. The van der Waals surface area contributed by atoms with Crippen LogP contribution in [0.2, 0.25) is 4.34 Å². The number of benzene rings is 1. The molecule has 1 atom stereocenters. The average Bonchev–Trinajstić information content (AvgIpc) is 3.04. The van der Waals surface area contributed by atoms with Crippen molar-refractivity contribution in [3.8, 4) is 0 Å². The fourth-order valence-corrected chi connectivity index (χ4v) is 5.61. The first-order valence-electron chi connectivity index (χ1n) is 8.00. The lowest BCUT2D eigenvalue weighted by atomic mass is 9.72.